The molecule has 0 unspecified atom stereocenters. The van der Waals surface area contributed by atoms with Crippen LogP contribution in [-0.4, -0.2) is 20.3 Å². The zero-order chi connectivity index (χ0) is 14.3. The van der Waals surface area contributed by atoms with Gasteiger partial charge in [0.25, 0.3) is 0 Å². The Kier molecular flexibility index (Phi) is 6.45. The van der Waals surface area contributed by atoms with Crippen LogP contribution in [0, 0.1) is 11.8 Å². The molecule has 0 amide bonds. The average Bonchev–Trinajstić information content (AvgIpc) is 2.38. The van der Waals surface area contributed by atoms with Gasteiger partial charge in [0, 0.05) is 12.8 Å². The van der Waals surface area contributed by atoms with Crippen molar-refractivity contribution in [3.8, 4) is 11.8 Å². The van der Waals surface area contributed by atoms with Gasteiger partial charge >= 0.3 is 0 Å². The molecule has 2 nitrogen and oxygen atoms in total. The summed E-state index contributed by atoms with van der Waals surface area (Å²) in [6, 6.07) is 6.54. The number of para-hydroxylation sites is 1. The lowest BCUT2D eigenvalue weighted by Gasteiger charge is -2.19. The number of rotatable bonds is 5. The molecule has 104 valence electrons. The van der Waals surface area contributed by atoms with Crippen molar-refractivity contribution in [3.05, 3.63) is 29.3 Å². The second-order valence-electron chi connectivity index (χ2n) is 5.26. The molecule has 19 heavy (non-hydrogen) atoms. The molecule has 0 aliphatic heterocycles. The molecule has 0 aliphatic carbocycles. The summed E-state index contributed by atoms with van der Waals surface area (Å²) in [6.45, 7) is 10.0. The highest BCUT2D eigenvalue weighted by Crippen LogP contribution is 2.32. The first-order valence-electron chi connectivity index (χ1n) is 6.89. The van der Waals surface area contributed by atoms with Gasteiger partial charge in [-0.15, -0.1) is 0 Å². The van der Waals surface area contributed by atoms with Crippen molar-refractivity contribution in [1.82, 2.24) is 0 Å². The molecular weight excluding hydrogens is 234 g/mol. The lowest BCUT2D eigenvalue weighted by Crippen LogP contribution is -2.08. The van der Waals surface area contributed by atoms with Crippen molar-refractivity contribution >= 4 is 5.69 Å². The highest BCUT2D eigenvalue weighted by atomic mass is 16.5. The highest BCUT2D eigenvalue weighted by Gasteiger charge is 2.12. The summed E-state index contributed by atoms with van der Waals surface area (Å²) in [5.41, 5.74) is 3.97. The summed E-state index contributed by atoms with van der Waals surface area (Å²) in [6.07, 6.45) is 0. The maximum atomic E-state index is 4.92. The van der Waals surface area contributed by atoms with E-state index in [1.165, 1.54) is 16.8 Å². The minimum atomic E-state index is 0.491. The van der Waals surface area contributed by atoms with Crippen molar-refractivity contribution < 1.29 is 4.74 Å². The Morgan fingerprint density at radius 1 is 1.05 bits per heavy atom. The summed E-state index contributed by atoms with van der Waals surface area (Å²) in [5, 5.41) is 3.47. The Balaban J connectivity index is 2.92. The number of hydrogen-bond acceptors (Lipinski definition) is 2. The van der Waals surface area contributed by atoms with E-state index < -0.39 is 0 Å². The quantitative estimate of drug-likeness (QED) is 0.807. The zero-order valence-corrected chi connectivity index (χ0v) is 12.7. The van der Waals surface area contributed by atoms with Crippen molar-refractivity contribution in [1.29, 1.82) is 0 Å². The standard InChI is InChI=1S/C17H25NO/c1-13(2)15-9-8-10-16(14(3)4)17(15)18-11-6-7-12-19-5/h8-10,13-14,18H,11-12H2,1-5H3. The lowest BCUT2D eigenvalue weighted by atomic mass is 9.92. The first kappa shape index (κ1) is 15.6. The number of anilines is 1. The van der Waals surface area contributed by atoms with E-state index in [9.17, 15) is 0 Å². The Labute approximate surface area is 117 Å². The molecule has 0 saturated carbocycles. The summed E-state index contributed by atoms with van der Waals surface area (Å²) in [4.78, 5) is 0. The van der Waals surface area contributed by atoms with Crippen molar-refractivity contribution in [3.63, 3.8) is 0 Å². The minimum Gasteiger partial charge on any atom is -0.374 e. The van der Waals surface area contributed by atoms with Crippen LogP contribution in [0.3, 0.4) is 0 Å². The maximum Gasteiger partial charge on any atom is 0.107 e. The molecule has 0 bridgehead atoms. The van der Waals surface area contributed by atoms with Crippen LogP contribution in [0.25, 0.3) is 0 Å². The van der Waals surface area contributed by atoms with E-state index >= 15 is 0 Å². The van der Waals surface area contributed by atoms with Crippen molar-refractivity contribution in [2.75, 3.05) is 25.6 Å². The largest absolute Gasteiger partial charge is 0.374 e. The number of hydrogen-bond donors (Lipinski definition) is 1. The van der Waals surface area contributed by atoms with Crippen LogP contribution >= 0.6 is 0 Å². The average molecular weight is 259 g/mol. The summed E-state index contributed by atoms with van der Waals surface area (Å²) in [7, 11) is 1.66. The van der Waals surface area contributed by atoms with E-state index in [1.807, 2.05) is 0 Å². The van der Waals surface area contributed by atoms with Crippen molar-refractivity contribution in [2.24, 2.45) is 0 Å². The third-order valence-corrected chi connectivity index (χ3v) is 3.07. The van der Waals surface area contributed by atoms with Gasteiger partial charge in [-0.1, -0.05) is 57.7 Å². The smallest absolute Gasteiger partial charge is 0.107 e. The number of nitrogens with one attached hydrogen (secondary N) is 1. The minimum absolute atomic E-state index is 0.491. The van der Waals surface area contributed by atoms with Crippen LogP contribution in [0.5, 0.6) is 0 Å². The molecule has 1 N–H and O–H groups in total. The first-order valence-corrected chi connectivity index (χ1v) is 6.89. The van der Waals surface area contributed by atoms with Crippen molar-refractivity contribution in [2.45, 2.75) is 39.5 Å². The second-order valence-corrected chi connectivity index (χ2v) is 5.26. The van der Waals surface area contributed by atoms with E-state index in [0.717, 1.165) is 0 Å². The van der Waals surface area contributed by atoms with E-state index in [0.29, 0.717) is 25.0 Å². The molecule has 1 aromatic carbocycles. The van der Waals surface area contributed by atoms with E-state index in [4.69, 9.17) is 4.74 Å². The highest BCUT2D eigenvalue weighted by molar-refractivity contribution is 5.60. The number of benzene rings is 1. The van der Waals surface area contributed by atoms with Crippen LogP contribution in [0.2, 0.25) is 0 Å². The molecule has 0 radical (unpaired) electrons. The number of ether oxygens (including phenoxy) is 1. The van der Waals surface area contributed by atoms with Crippen LogP contribution in [0.4, 0.5) is 5.69 Å². The van der Waals surface area contributed by atoms with Crippen LogP contribution in [0.15, 0.2) is 18.2 Å². The van der Waals surface area contributed by atoms with Crippen LogP contribution in [-0.2, 0) is 4.74 Å². The van der Waals surface area contributed by atoms with Crippen LogP contribution in [0.1, 0.15) is 50.7 Å². The topological polar surface area (TPSA) is 21.3 Å². The SMILES string of the molecule is COCC#CCNc1c(C(C)C)cccc1C(C)C. The molecule has 1 aromatic rings. The predicted octanol–water partition coefficient (Wildman–Crippen LogP) is 4.00. The Bertz CT molecular complexity index is 426. The molecule has 2 heteroatoms. The van der Waals surface area contributed by atoms with Gasteiger partial charge in [-0.25, -0.2) is 0 Å². The Morgan fingerprint density at radius 2 is 1.63 bits per heavy atom. The van der Waals surface area contributed by atoms with Crippen LogP contribution < -0.4 is 5.32 Å². The molecule has 0 saturated heterocycles. The van der Waals surface area contributed by atoms with Gasteiger partial charge in [-0.05, 0) is 23.0 Å². The van der Waals surface area contributed by atoms with Gasteiger partial charge in [0.05, 0.1) is 6.54 Å². The maximum absolute atomic E-state index is 4.92. The molecule has 0 aliphatic rings. The molecule has 0 fully saturated rings. The van der Waals surface area contributed by atoms with Gasteiger partial charge in [0.15, 0.2) is 0 Å². The molecule has 0 heterocycles. The fraction of sp³-hybridized carbons (Fsp3) is 0.529. The van der Waals surface area contributed by atoms with Gasteiger partial charge < -0.3 is 10.1 Å². The monoisotopic (exact) mass is 259 g/mol. The summed E-state index contributed by atoms with van der Waals surface area (Å²) >= 11 is 0. The van der Waals surface area contributed by atoms with Gasteiger partial charge in [0.1, 0.15) is 6.61 Å². The molecular formula is C17H25NO. The van der Waals surface area contributed by atoms with E-state index in [2.05, 4.69) is 63.1 Å². The Hall–Kier alpha value is -1.46. The molecule has 1 rings (SSSR count). The van der Waals surface area contributed by atoms with E-state index in [1.54, 1.807) is 7.11 Å². The second kappa shape index (κ2) is 7.86. The number of methoxy groups -OCH3 is 1. The zero-order valence-electron chi connectivity index (χ0n) is 12.7. The first-order chi connectivity index (χ1) is 9.07. The van der Waals surface area contributed by atoms with Gasteiger partial charge in [-0.3, -0.25) is 0 Å². The molecule has 0 atom stereocenters. The predicted molar refractivity (Wildman–Crippen MR) is 82.8 cm³/mol. The lowest BCUT2D eigenvalue weighted by molar-refractivity contribution is 0.239. The summed E-state index contributed by atoms with van der Waals surface area (Å²) < 4.78 is 4.92. The molecule has 0 spiro atoms. The third-order valence-electron chi connectivity index (χ3n) is 3.07. The van der Waals surface area contributed by atoms with Gasteiger partial charge in [-0.2, -0.15) is 0 Å². The van der Waals surface area contributed by atoms with Gasteiger partial charge in [0.2, 0.25) is 0 Å². The Morgan fingerprint density at radius 3 is 2.11 bits per heavy atom. The fourth-order valence-electron chi connectivity index (χ4n) is 2.07. The fourth-order valence-corrected chi connectivity index (χ4v) is 2.07. The molecule has 0 aromatic heterocycles. The van der Waals surface area contributed by atoms with E-state index in [-0.39, 0.29) is 0 Å². The normalized spacial score (nSPS) is 10.5. The third kappa shape index (κ3) is 4.61. The summed E-state index contributed by atoms with van der Waals surface area (Å²) in [5.74, 6) is 7.06.